The fraction of sp³-hybridized carbons (Fsp3) is 0.357. The third kappa shape index (κ3) is 7.50. The van der Waals surface area contributed by atoms with Gasteiger partial charge in [0.1, 0.15) is 5.69 Å². The van der Waals surface area contributed by atoms with E-state index in [0.29, 0.717) is 23.1 Å². The van der Waals surface area contributed by atoms with Crippen molar-refractivity contribution in [2.75, 3.05) is 45.6 Å². The Morgan fingerprint density at radius 3 is 2.43 bits per heavy atom. The van der Waals surface area contributed by atoms with Gasteiger partial charge in [-0.2, -0.15) is 0 Å². The molecule has 3 heterocycles. The molecule has 0 aliphatic carbocycles. The van der Waals surface area contributed by atoms with E-state index >= 15 is 0 Å². The molecule has 1 aliphatic heterocycles. The molecule has 196 valence electrons. The highest BCUT2D eigenvalue weighted by Crippen LogP contribution is 2.21. The highest BCUT2D eigenvalue weighted by molar-refractivity contribution is 6.14. The second-order valence-corrected chi connectivity index (χ2v) is 8.89. The summed E-state index contributed by atoms with van der Waals surface area (Å²) in [4.78, 5) is 43.6. The van der Waals surface area contributed by atoms with Crippen molar-refractivity contribution >= 4 is 34.2 Å². The number of aromatic nitrogens is 2. The Hall–Kier alpha value is -3.98. The summed E-state index contributed by atoms with van der Waals surface area (Å²) >= 11 is 0. The minimum absolute atomic E-state index is 0.0155. The number of aromatic amines is 2. The van der Waals surface area contributed by atoms with Gasteiger partial charge in [0.2, 0.25) is 5.96 Å². The third-order valence-corrected chi connectivity index (χ3v) is 6.08. The van der Waals surface area contributed by atoms with Gasteiger partial charge in [0, 0.05) is 68.1 Å². The lowest BCUT2D eigenvalue weighted by molar-refractivity contribution is 0.0659. The van der Waals surface area contributed by atoms with Crippen LogP contribution in [0, 0.1) is 0 Å². The lowest BCUT2D eigenvalue weighted by atomic mass is 10.2. The number of carbonyl (C=O) groups is 1. The fourth-order valence-corrected chi connectivity index (χ4v) is 3.69. The SMILES string of the molecule is C=C/C(=N\C(=NC)Nc1ccc2[nH]c(C(=O)N3CCN(C)CC3)cc2c1)c1cc(=O)cc[nH]1.CCCC. The number of aliphatic imine (C=N–C) groups is 2. The first-order valence-electron chi connectivity index (χ1n) is 12.6. The van der Waals surface area contributed by atoms with Crippen LogP contribution < -0.4 is 10.7 Å². The van der Waals surface area contributed by atoms with E-state index in [1.165, 1.54) is 25.0 Å². The van der Waals surface area contributed by atoms with Crippen LogP contribution in [-0.4, -0.2) is 77.6 Å². The van der Waals surface area contributed by atoms with Crippen molar-refractivity contribution < 1.29 is 4.79 Å². The molecule has 3 N–H and O–H groups in total. The van der Waals surface area contributed by atoms with Crippen molar-refractivity contribution in [3.63, 3.8) is 0 Å². The van der Waals surface area contributed by atoms with Crippen LogP contribution in [-0.2, 0) is 0 Å². The van der Waals surface area contributed by atoms with E-state index < -0.39 is 0 Å². The molecular weight excluding hydrogens is 466 g/mol. The molecule has 1 saturated heterocycles. The summed E-state index contributed by atoms with van der Waals surface area (Å²) in [6.45, 7) is 11.4. The summed E-state index contributed by atoms with van der Waals surface area (Å²) in [5, 5.41) is 4.10. The third-order valence-electron chi connectivity index (χ3n) is 6.08. The van der Waals surface area contributed by atoms with E-state index in [2.05, 4.69) is 57.6 Å². The Labute approximate surface area is 218 Å². The maximum absolute atomic E-state index is 12.9. The number of allylic oxidation sites excluding steroid dienone is 1. The summed E-state index contributed by atoms with van der Waals surface area (Å²) in [5.41, 5.74) is 3.15. The number of nitrogens with one attached hydrogen (secondary N) is 3. The molecule has 37 heavy (non-hydrogen) atoms. The Balaban J connectivity index is 0.000000886. The normalized spacial score (nSPS) is 14.8. The Morgan fingerprint density at radius 1 is 1.08 bits per heavy atom. The molecule has 4 rings (SSSR count). The molecule has 0 unspecified atom stereocenters. The molecule has 0 radical (unpaired) electrons. The molecule has 0 saturated carbocycles. The van der Waals surface area contributed by atoms with Crippen LogP contribution in [0.4, 0.5) is 5.69 Å². The minimum atomic E-state index is -0.124. The van der Waals surface area contributed by atoms with Crippen LogP contribution in [0.25, 0.3) is 10.9 Å². The summed E-state index contributed by atoms with van der Waals surface area (Å²) in [7, 11) is 3.69. The number of fused-ring (bicyclic) bond motifs is 1. The number of hydrogen-bond donors (Lipinski definition) is 3. The molecular formula is C28H37N7O2. The van der Waals surface area contributed by atoms with Crippen LogP contribution in [0.1, 0.15) is 42.9 Å². The zero-order valence-electron chi connectivity index (χ0n) is 22.2. The molecule has 1 aliphatic rings. The summed E-state index contributed by atoms with van der Waals surface area (Å²) in [5.74, 6) is 0.375. The van der Waals surface area contributed by atoms with E-state index in [9.17, 15) is 9.59 Å². The number of piperazine rings is 1. The number of carbonyl (C=O) groups excluding carboxylic acids is 1. The Kier molecular flexibility index (Phi) is 9.97. The van der Waals surface area contributed by atoms with E-state index in [1.807, 2.05) is 29.2 Å². The molecule has 0 bridgehead atoms. The van der Waals surface area contributed by atoms with Crippen LogP contribution in [0.3, 0.4) is 0 Å². The van der Waals surface area contributed by atoms with E-state index in [1.54, 1.807) is 19.3 Å². The van der Waals surface area contributed by atoms with Gasteiger partial charge in [-0.05, 0) is 37.4 Å². The van der Waals surface area contributed by atoms with Gasteiger partial charge in [-0.1, -0.05) is 33.3 Å². The van der Waals surface area contributed by atoms with Crippen molar-refractivity contribution in [1.82, 2.24) is 19.8 Å². The molecule has 0 spiro atoms. The number of unbranched alkanes of at least 4 members (excludes halogenated alkanes) is 1. The second kappa shape index (κ2) is 13.4. The Bertz CT molecular complexity index is 1330. The number of pyridine rings is 1. The van der Waals surface area contributed by atoms with Crippen molar-refractivity contribution in [2.24, 2.45) is 9.98 Å². The maximum Gasteiger partial charge on any atom is 0.270 e. The predicted octanol–water partition coefficient (Wildman–Crippen LogP) is 4.12. The first kappa shape index (κ1) is 27.6. The molecule has 2 aromatic heterocycles. The first-order valence-corrected chi connectivity index (χ1v) is 12.6. The number of likely N-dealkylation sites (N-methyl/N-ethyl adjacent to an activating group) is 1. The summed E-state index contributed by atoms with van der Waals surface area (Å²) in [6.07, 6.45) is 5.76. The van der Waals surface area contributed by atoms with Crippen molar-refractivity contribution in [3.8, 4) is 0 Å². The van der Waals surface area contributed by atoms with Crippen LogP contribution >= 0.6 is 0 Å². The highest BCUT2D eigenvalue weighted by atomic mass is 16.2. The largest absolute Gasteiger partial charge is 0.360 e. The molecule has 9 heteroatoms. The molecule has 0 atom stereocenters. The van der Waals surface area contributed by atoms with E-state index in [4.69, 9.17) is 0 Å². The minimum Gasteiger partial charge on any atom is -0.360 e. The summed E-state index contributed by atoms with van der Waals surface area (Å²) in [6, 6.07) is 10.5. The number of H-pyrrole nitrogens is 2. The summed E-state index contributed by atoms with van der Waals surface area (Å²) < 4.78 is 0. The van der Waals surface area contributed by atoms with Crippen molar-refractivity contribution in [3.05, 3.63) is 76.9 Å². The Morgan fingerprint density at radius 2 is 1.81 bits per heavy atom. The quantitative estimate of drug-likeness (QED) is 0.359. The predicted molar refractivity (Wildman–Crippen MR) is 153 cm³/mol. The fourth-order valence-electron chi connectivity index (χ4n) is 3.69. The van der Waals surface area contributed by atoms with Crippen LogP contribution in [0.2, 0.25) is 0 Å². The number of hydrogen-bond acceptors (Lipinski definition) is 4. The lowest BCUT2D eigenvalue weighted by Gasteiger charge is -2.32. The van der Waals surface area contributed by atoms with Gasteiger partial charge in [-0.3, -0.25) is 14.6 Å². The number of amides is 1. The number of guanidine groups is 1. The van der Waals surface area contributed by atoms with E-state index in [0.717, 1.165) is 42.8 Å². The van der Waals surface area contributed by atoms with Crippen LogP contribution in [0.5, 0.6) is 0 Å². The molecule has 9 nitrogen and oxygen atoms in total. The number of anilines is 1. The zero-order valence-corrected chi connectivity index (χ0v) is 22.2. The average Bonchev–Trinajstić information content (AvgIpc) is 3.34. The smallest absolute Gasteiger partial charge is 0.270 e. The maximum atomic E-state index is 12.9. The van der Waals surface area contributed by atoms with Crippen molar-refractivity contribution in [2.45, 2.75) is 26.7 Å². The van der Waals surface area contributed by atoms with Gasteiger partial charge in [0.15, 0.2) is 5.43 Å². The second-order valence-electron chi connectivity index (χ2n) is 8.89. The van der Waals surface area contributed by atoms with Gasteiger partial charge in [0.05, 0.1) is 11.4 Å². The number of nitrogens with zero attached hydrogens (tertiary/aromatic N) is 4. The van der Waals surface area contributed by atoms with Crippen LogP contribution in [0.15, 0.2) is 70.0 Å². The monoisotopic (exact) mass is 503 g/mol. The number of rotatable bonds is 5. The average molecular weight is 504 g/mol. The lowest BCUT2D eigenvalue weighted by Crippen LogP contribution is -2.47. The van der Waals surface area contributed by atoms with Gasteiger partial charge in [-0.25, -0.2) is 4.99 Å². The highest BCUT2D eigenvalue weighted by Gasteiger charge is 2.21. The number of benzene rings is 1. The van der Waals surface area contributed by atoms with Gasteiger partial charge >= 0.3 is 0 Å². The zero-order chi connectivity index (χ0) is 26.8. The molecule has 3 aromatic rings. The molecule has 1 amide bonds. The van der Waals surface area contributed by atoms with Gasteiger partial charge in [0.25, 0.3) is 5.91 Å². The molecule has 1 aromatic carbocycles. The molecule has 1 fully saturated rings. The van der Waals surface area contributed by atoms with E-state index in [-0.39, 0.29) is 11.3 Å². The van der Waals surface area contributed by atoms with Crippen molar-refractivity contribution in [1.29, 1.82) is 0 Å². The topological polar surface area (TPSA) is 109 Å². The standard InChI is InChI=1S/C24H27N7O2.C4H10/c1-4-19(21-15-18(32)7-8-26-21)29-24(25-2)27-17-5-6-20-16(13-17)14-22(28-20)23(33)31-11-9-30(3)10-12-31;1-3-4-2/h4-8,13-15,28H,1,9-12H2,2-3H3,(H,25,27)(H,26,32);3-4H2,1-2H3/b29-19+;. The first-order chi connectivity index (χ1) is 17.9. The van der Waals surface area contributed by atoms with Gasteiger partial charge in [-0.15, -0.1) is 0 Å². The van der Waals surface area contributed by atoms with Gasteiger partial charge < -0.3 is 25.1 Å².